The van der Waals surface area contributed by atoms with E-state index in [0.29, 0.717) is 12.2 Å². The maximum absolute atomic E-state index is 12.8. The maximum atomic E-state index is 12.8. The Balaban J connectivity index is 1.68. The van der Waals surface area contributed by atoms with Crippen LogP contribution < -0.4 is 10.0 Å². The van der Waals surface area contributed by atoms with Gasteiger partial charge >= 0.3 is 5.97 Å². The van der Waals surface area contributed by atoms with Crippen LogP contribution >= 0.6 is 0 Å². The van der Waals surface area contributed by atoms with Crippen LogP contribution in [0.1, 0.15) is 43.7 Å². The number of nitrogens with one attached hydrogen (secondary N) is 2. The number of sulfonamides is 1. The van der Waals surface area contributed by atoms with Crippen molar-refractivity contribution in [2.24, 2.45) is 5.41 Å². The minimum Gasteiger partial charge on any atom is -0.481 e. The van der Waals surface area contributed by atoms with Gasteiger partial charge in [0.25, 0.3) is 0 Å². The molecule has 1 saturated carbocycles. The third kappa shape index (κ3) is 6.38. The second-order valence-electron chi connectivity index (χ2n) is 8.30. The Morgan fingerprint density at radius 1 is 0.968 bits per heavy atom. The first-order chi connectivity index (χ1) is 14.7. The Bertz CT molecular complexity index is 1020. The van der Waals surface area contributed by atoms with Gasteiger partial charge in [0.15, 0.2) is 0 Å². The normalized spacial score (nSPS) is 15.5. The lowest BCUT2D eigenvalue weighted by molar-refractivity contribution is -0.136. The number of carboxylic acids is 1. The van der Waals surface area contributed by atoms with Gasteiger partial charge in [-0.3, -0.25) is 9.59 Å². The molecular formula is C23H28N2O5S. The molecule has 0 spiro atoms. The molecular weight excluding hydrogens is 416 g/mol. The van der Waals surface area contributed by atoms with Crippen molar-refractivity contribution in [1.82, 2.24) is 4.72 Å². The zero-order chi connectivity index (χ0) is 22.5. The topological polar surface area (TPSA) is 113 Å². The molecule has 2 aromatic carbocycles. The van der Waals surface area contributed by atoms with Gasteiger partial charge in [-0.15, -0.1) is 0 Å². The van der Waals surface area contributed by atoms with Crippen molar-refractivity contribution in [2.75, 3.05) is 11.9 Å². The second-order valence-corrected chi connectivity index (χ2v) is 10.1. The standard InChI is InChI=1S/C23H28N2O5S/c1-17(26)25-20-8-10-21(11-9-20)31(29,30)24-16-23(12-2-3-13-23)15-19-6-4-18(5-7-19)14-22(27)28/h4-11,24H,2-3,12-16H2,1H3,(H,25,26)(H,27,28). The number of carboxylic acid groups (broad SMARTS) is 1. The van der Waals surface area contributed by atoms with E-state index in [2.05, 4.69) is 10.0 Å². The molecule has 0 aliphatic heterocycles. The summed E-state index contributed by atoms with van der Waals surface area (Å²) in [4.78, 5) is 22.1. The van der Waals surface area contributed by atoms with Crippen LogP contribution in [0.3, 0.4) is 0 Å². The minimum absolute atomic E-state index is 0.00799. The lowest BCUT2D eigenvalue weighted by Crippen LogP contribution is -2.37. The van der Waals surface area contributed by atoms with Crippen molar-refractivity contribution in [1.29, 1.82) is 0 Å². The van der Waals surface area contributed by atoms with Crippen LogP contribution in [-0.4, -0.2) is 31.9 Å². The van der Waals surface area contributed by atoms with Crippen molar-refractivity contribution in [3.05, 3.63) is 59.7 Å². The Morgan fingerprint density at radius 2 is 1.55 bits per heavy atom. The molecule has 31 heavy (non-hydrogen) atoms. The largest absolute Gasteiger partial charge is 0.481 e. The van der Waals surface area contributed by atoms with E-state index in [9.17, 15) is 18.0 Å². The summed E-state index contributed by atoms with van der Waals surface area (Å²) in [5, 5.41) is 11.5. The highest BCUT2D eigenvalue weighted by molar-refractivity contribution is 7.89. The number of benzene rings is 2. The Morgan fingerprint density at radius 3 is 2.10 bits per heavy atom. The summed E-state index contributed by atoms with van der Waals surface area (Å²) in [5.74, 6) is -1.08. The van der Waals surface area contributed by atoms with Crippen molar-refractivity contribution >= 4 is 27.6 Å². The van der Waals surface area contributed by atoms with E-state index >= 15 is 0 Å². The summed E-state index contributed by atoms with van der Waals surface area (Å²) in [6.45, 7) is 1.74. The van der Waals surface area contributed by atoms with Gasteiger partial charge in [-0.05, 0) is 60.1 Å². The molecule has 1 fully saturated rings. The first-order valence-electron chi connectivity index (χ1n) is 10.3. The molecule has 0 radical (unpaired) electrons. The number of carbonyl (C=O) groups excluding carboxylic acids is 1. The molecule has 1 aliphatic carbocycles. The van der Waals surface area contributed by atoms with Gasteiger partial charge in [-0.2, -0.15) is 0 Å². The van der Waals surface area contributed by atoms with E-state index in [4.69, 9.17) is 5.11 Å². The smallest absolute Gasteiger partial charge is 0.307 e. The average molecular weight is 445 g/mol. The van der Waals surface area contributed by atoms with Crippen molar-refractivity contribution in [2.45, 2.75) is 50.3 Å². The fourth-order valence-corrected chi connectivity index (χ4v) is 5.33. The summed E-state index contributed by atoms with van der Waals surface area (Å²) < 4.78 is 28.4. The molecule has 0 saturated heterocycles. The summed E-state index contributed by atoms with van der Waals surface area (Å²) in [6.07, 6.45) is 4.73. The van der Waals surface area contributed by atoms with Gasteiger partial charge in [-0.1, -0.05) is 37.1 Å². The van der Waals surface area contributed by atoms with Gasteiger partial charge < -0.3 is 10.4 Å². The molecule has 0 aromatic heterocycles. The highest BCUT2D eigenvalue weighted by Crippen LogP contribution is 2.40. The van der Waals surface area contributed by atoms with Gasteiger partial charge in [-0.25, -0.2) is 13.1 Å². The summed E-state index contributed by atoms with van der Waals surface area (Å²) in [5.41, 5.74) is 2.22. The Labute approximate surface area is 182 Å². The van der Waals surface area contributed by atoms with Crippen molar-refractivity contribution in [3.63, 3.8) is 0 Å². The van der Waals surface area contributed by atoms with Crippen LogP contribution in [0.15, 0.2) is 53.4 Å². The molecule has 0 atom stereocenters. The van der Waals surface area contributed by atoms with Crippen molar-refractivity contribution < 1.29 is 23.1 Å². The van der Waals surface area contributed by atoms with E-state index in [1.165, 1.54) is 19.1 Å². The first-order valence-corrected chi connectivity index (χ1v) is 11.8. The zero-order valence-corrected chi connectivity index (χ0v) is 18.4. The zero-order valence-electron chi connectivity index (χ0n) is 17.6. The summed E-state index contributed by atoms with van der Waals surface area (Å²) in [6, 6.07) is 13.6. The minimum atomic E-state index is -3.67. The predicted molar refractivity (Wildman–Crippen MR) is 118 cm³/mol. The fourth-order valence-electron chi connectivity index (χ4n) is 4.18. The van der Waals surface area contributed by atoms with Crippen LogP contribution in [-0.2, 0) is 32.5 Å². The number of carbonyl (C=O) groups is 2. The highest BCUT2D eigenvalue weighted by atomic mass is 32.2. The van der Waals surface area contributed by atoms with E-state index in [1.54, 1.807) is 12.1 Å². The molecule has 2 aromatic rings. The predicted octanol–water partition coefficient (Wildman–Crippen LogP) is 3.35. The van der Waals surface area contributed by atoms with E-state index in [-0.39, 0.29) is 22.6 Å². The van der Waals surface area contributed by atoms with Gasteiger partial charge in [0.05, 0.1) is 11.3 Å². The summed E-state index contributed by atoms with van der Waals surface area (Å²) >= 11 is 0. The highest BCUT2D eigenvalue weighted by Gasteiger charge is 2.35. The number of rotatable bonds is 9. The average Bonchev–Trinajstić information content (AvgIpc) is 3.16. The van der Waals surface area contributed by atoms with Crippen LogP contribution in [0, 0.1) is 5.41 Å². The second kappa shape index (κ2) is 9.62. The molecule has 166 valence electrons. The van der Waals surface area contributed by atoms with Crippen molar-refractivity contribution in [3.8, 4) is 0 Å². The molecule has 0 bridgehead atoms. The Hall–Kier alpha value is -2.71. The molecule has 0 heterocycles. The van der Waals surface area contributed by atoms with Crippen LogP contribution in [0.4, 0.5) is 5.69 Å². The molecule has 8 heteroatoms. The maximum Gasteiger partial charge on any atom is 0.307 e. The third-order valence-electron chi connectivity index (χ3n) is 5.74. The molecule has 7 nitrogen and oxygen atoms in total. The fraction of sp³-hybridized carbons (Fsp3) is 0.391. The monoisotopic (exact) mass is 444 g/mol. The van der Waals surface area contributed by atoms with Gasteiger partial charge in [0.2, 0.25) is 15.9 Å². The molecule has 1 amide bonds. The molecule has 3 N–H and O–H groups in total. The molecule has 1 aliphatic rings. The van der Waals surface area contributed by atoms with Gasteiger partial charge in [0, 0.05) is 19.2 Å². The SMILES string of the molecule is CC(=O)Nc1ccc(S(=O)(=O)NCC2(Cc3ccc(CC(=O)O)cc3)CCCC2)cc1. The summed E-state index contributed by atoms with van der Waals surface area (Å²) in [7, 11) is -3.67. The third-order valence-corrected chi connectivity index (χ3v) is 7.16. The van der Waals surface area contributed by atoms with E-state index in [1.807, 2.05) is 24.3 Å². The first kappa shape index (κ1) is 23.0. The number of amides is 1. The Kier molecular flexibility index (Phi) is 7.12. The van der Waals surface area contributed by atoms with Crippen LogP contribution in [0.5, 0.6) is 0 Å². The number of hydrogen-bond acceptors (Lipinski definition) is 4. The quantitative estimate of drug-likeness (QED) is 0.549. The molecule has 0 unspecified atom stereocenters. The lowest BCUT2D eigenvalue weighted by Gasteiger charge is -2.29. The lowest BCUT2D eigenvalue weighted by atomic mass is 9.80. The number of aliphatic carboxylic acids is 1. The van der Waals surface area contributed by atoms with E-state index < -0.39 is 16.0 Å². The van der Waals surface area contributed by atoms with Crippen LogP contribution in [0.25, 0.3) is 0 Å². The molecule has 3 rings (SSSR count). The number of anilines is 1. The number of hydrogen-bond donors (Lipinski definition) is 3. The van der Waals surface area contributed by atoms with E-state index in [0.717, 1.165) is 43.2 Å². The van der Waals surface area contributed by atoms with Gasteiger partial charge in [0.1, 0.15) is 0 Å². The van der Waals surface area contributed by atoms with Crippen LogP contribution in [0.2, 0.25) is 0 Å².